The van der Waals surface area contributed by atoms with Crippen LogP contribution in [0.2, 0.25) is 0 Å². The molecule has 9 heteroatoms. The van der Waals surface area contributed by atoms with Gasteiger partial charge in [-0.1, -0.05) is 13.8 Å². The summed E-state index contributed by atoms with van der Waals surface area (Å²) in [5.41, 5.74) is 7.28. The third-order valence-corrected chi connectivity index (χ3v) is 3.25. The Kier molecular flexibility index (Phi) is 2.89. The van der Waals surface area contributed by atoms with E-state index in [1.807, 2.05) is 0 Å². The van der Waals surface area contributed by atoms with Crippen molar-refractivity contribution >= 4 is 27.9 Å². The Morgan fingerprint density at radius 1 is 1.43 bits per heavy atom. The first-order chi connectivity index (χ1) is 10.0. The fraction of sp³-hybridized carbons (Fsp3) is 0.333. The normalized spacial score (nSPS) is 11.6. The molecule has 0 aliphatic carbocycles. The molecule has 0 saturated heterocycles. The second-order valence-electron chi connectivity index (χ2n) is 5.22. The SMILES string of the molecule is CC(C)Cc1cncc2c1c(N)c([N+](=O)[O-])c1nnnn12. The zero-order valence-corrected chi connectivity index (χ0v) is 11.5. The molecule has 3 rings (SSSR count). The van der Waals surface area contributed by atoms with Crippen LogP contribution in [0.4, 0.5) is 11.4 Å². The lowest BCUT2D eigenvalue weighted by atomic mass is 9.99. The number of hydrogen-bond acceptors (Lipinski definition) is 7. The Morgan fingerprint density at radius 3 is 2.86 bits per heavy atom. The molecule has 0 aliphatic heterocycles. The van der Waals surface area contributed by atoms with Crippen LogP contribution in [0.15, 0.2) is 12.4 Å². The third kappa shape index (κ3) is 1.93. The van der Waals surface area contributed by atoms with Gasteiger partial charge in [0.15, 0.2) is 0 Å². The van der Waals surface area contributed by atoms with Crippen LogP contribution in [0.5, 0.6) is 0 Å². The molecule has 3 aromatic rings. The van der Waals surface area contributed by atoms with Crippen molar-refractivity contribution in [2.75, 3.05) is 5.73 Å². The van der Waals surface area contributed by atoms with Crippen molar-refractivity contribution in [1.82, 2.24) is 25.0 Å². The maximum Gasteiger partial charge on any atom is 0.339 e. The lowest BCUT2D eigenvalue weighted by Crippen LogP contribution is -2.06. The molecule has 21 heavy (non-hydrogen) atoms. The van der Waals surface area contributed by atoms with Gasteiger partial charge in [-0.2, -0.15) is 4.52 Å². The summed E-state index contributed by atoms with van der Waals surface area (Å²) in [6.45, 7) is 4.11. The molecule has 2 N–H and O–H groups in total. The fourth-order valence-corrected chi connectivity index (χ4v) is 2.47. The van der Waals surface area contributed by atoms with Crippen molar-refractivity contribution in [2.24, 2.45) is 5.92 Å². The van der Waals surface area contributed by atoms with Crippen LogP contribution in [0.3, 0.4) is 0 Å². The van der Waals surface area contributed by atoms with Crippen molar-refractivity contribution in [3.63, 3.8) is 0 Å². The Morgan fingerprint density at radius 2 is 2.19 bits per heavy atom. The fourth-order valence-electron chi connectivity index (χ4n) is 2.47. The standard InChI is InChI=1S/C12H13N7O2/c1-6(2)3-7-4-14-5-8-9(7)10(13)11(19(20)21)12-15-16-17-18(8)12/h4-6H,3,13H2,1-2H3. The van der Waals surface area contributed by atoms with Crippen molar-refractivity contribution < 1.29 is 4.92 Å². The maximum atomic E-state index is 11.3. The first-order valence-electron chi connectivity index (χ1n) is 6.41. The molecule has 0 unspecified atom stereocenters. The van der Waals surface area contributed by atoms with E-state index in [1.165, 1.54) is 4.52 Å². The Bertz CT molecular complexity index is 856. The molecular formula is C12H13N7O2. The summed E-state index contributed by atoms with van der Waals surface area (Å²) in [6.07, 6.45) is 3.94. The van der Waals surface area contributed by atoms with Crippen LogP contribution in [0.1, 0.15) is 19.4 Å². The van der Waals surface area contributed by atoms with Crippen LogP contribution >= 0.6 is 0 Å². The predicted octanol–water partition coefficient (Wildman–Crippen LogP) is 1.36. The van der Waals surface area contributed by atoms with Gasteiger partial charge in [0.2, 0.25) is 0 Å². The average Bonchev–Trinajstić information content (AvgIpc) is 2.86. The second-order valence-corrected chi connectivity index (χ2v) is 5.22. The molecule has 0 bridgehead atoms. The Hall–Kier alpha value is -2.84. The van der Waals surface area contributed by atoms with Crippen LogP contribution in [-0.4, -0.2) is 29.9 Å². The van der Waals surface area contributed by atoms with Crippen molar-refractivity contribution in [1.29, 1.82) is 0 Å². The molecule has 9 nitrogen and oxygen atoms in total. The van der Waals surface area contributed by atoms with Gasteiger partial charge in [0, 0.05) is 11.6 Å². The number of nitrogen functional groups attached to an aromatic ring is 1. The van der Waals surface area contributed by atoms with Crippen LogP contribution < -0.4 is 5.73 Å². The summed E-state index contributed by atoms with van der Waals surface area (Å²) < 4.78 is 1.31. The van der Waals surface area contributed by atoms with E-state index in [2.05, 4.69) is 34.4 Å². The number of hydrogen-bond donors (Lipinski definition) is 1. The van der Waals surface area contributed by atoms with E-state index in [1.54, 1.807) is 12.4 Å². The Balaban J connectivity index is 2.49. The number of nitro groups is 1. The van der Waals surface area contributed by atoms with E-state index in [0.29, 0.717) is 23.2 Å². The number of aromatic nitrogens is 5. The lowest BCUT2D eigenvalue weighted by Gasteiger charge is -2.11. The molecule has 0 saturated carbocycles. The Labute approximate surface area is 118 Å². The number of fused-ring (bicyclic) bond motifs is 3. The molecule has 0 aromatic carbocycles. The molecule has 3 heterocycles. The molecule has 0 aliphatic rings. The van der Waals surface area contributed by atoms with Gasteiger partial charge >= 0.3 is 5.69 Å². The summed E-state index contributed by atoms with van der Waals surface area (Å²) in [6, 6.07) is 0. The van der Waals surface area contributed by atoms with E-state index < -0.39 is 4.92 Å². The topological polar surface area (TPSA) is 125 Å². The summed E-state index contributed by atoms with van der Waals surface area (Å²) in [5.74, 6) is 0.362. The van der Waals surface area contributed by atoms with Gasteiger partial charge in [0.1, 0.15) is 5.69 Å². The van der Waals surface area contributed by atoms with Crippen molar-refractivity contribution in [3.05, 3.63) is 28.1 Å². The van der Waals surface area contributed by atoms with Gasteiger partial charge in [0.25, 0.3) is 5.65 Å². The highest BCUT2D eigenvalue weighted by Crippen LogP contribution is 2.35. The number of rotatable bonds is 3. The van der Waals surface area contributed by atoms with Gasteiger partial charge < -0.3 is 5.73 Å². The quantitative estimate of drug-likeness (QED) is 0.569. The van der Waals surface area contributed by atoms with E-state index in [-0.39, 0.29) is 17.0 Å². The highest BCUT2D eigenvalue weighted by Gasteiger charge is 2.26. The summed E-state index contributed by atoms with van der Waals surface area (Å²) >= 11 is 0. The summed E-state index contributed by atoms with van der Waals surface area (Å²) in [7, 11) is 0. The highest BCUT2D eigenvalue weighted by atomic mass is 16.6. The van der Waals surface area contributed by atoms with Gasteiger partial charge in [-0.05, 0) is 28.3 Å². The van der Waals surface area contributed by atoms with E-state index in [4.69, 9.17) is 5.73 Å². The van der Waals surface area contributed by atoms with Crippen LogP contribution in [0.25, 0.3) is 16.6 Å². The summed E-state index contributed by atoms with van der Waals surface area (Å²) in [5, 5.41) is 22.9. The minimum atomic E-state index is -0.556. The van der Waals surface area contributed by atoms with Crippen molar-refractivity contribution in [2.45, 2.75) is 20.3 Å². The largest absolute Gasteiger partial charge is 0.392 e. The summed E-state index contributed by atoms with van der Waals surface area (Å²) in [4.78, 5) is 14.9. The van der Waals surface area contributed by atoms with Crippen LogP contribution in [0, 0.1) is 16.0 Å². The molecular weight excluding hydrogens is 274 g/mol. The molecule has 0 atom stereocenters. The van der Waals surface area contributed by atoms with Gasteiger partial charge in [-0.15, -0.1) is 5.10 Å². The molecule has 0 amide bonds. The monoisotopic (exact) mass is 287 g/mol. The zero-order valence-electron chi connectivity index (χ0n) is 11.5. The number of nitrogens with two attached hydrogens (primary N) is 1. The molecule has 0 fully saturated rings. The second kappa shape index (κ2) is 4.62. The smallest absolute Gasteiger partial charge is 0.339 e. The highest BCUT2D eigenvalue weighted by molar-refractivity contribution is 6.01. The zero-order chi connectivity index (χ0) is 15.1. The first-order valence-corrected chi connectivity index (χ1v) is 6.41. The van der Waals surface area contributed by atoms with Crippen LogP contribution in [-0.2, 0) is 6.42 Å². The average molecular weight is 287 g/mol. The van der Waals surface area contributed by atoms with E-state index >= 15 is 0 Å². The molecule has 0 spiro atoms. The minimum Gasteiger partial charge on any atom is -0.392 e. The lowest BCUT2D eigenvalue weighted by molar-refractivity contribution is -0.382. The predicted molar refractivity (Wildman–Crippen MR) is 75.7 cm³/mol. The number of pyridine rings is 2. The van der Waals surface area contributed by atoms with E-state index in [9.17, 15) is 10.1 Å². The number of tetrazole rings is 1. The minimum absolute atomic E-state index is 0.0218. The number of anilines is 1. The van der Waals surface area contributed by atoms with E-state index in [0.717, 1.165) is 5.56 Å². The van der Waals surface area contributed by atoms with Gasteiger partial charge in [-0.3, -0.25) is 15.1 Å². The van der Waals surface area contributed by atoms with Crippen molar-refractivity contribution in [3.8, 4) is 0 Å². The van der Waals surface area contributed by atoms with Gasteiger partial charge in [-0.25, -0.2) is 0 Å². The first kappa shape index (κ1) is 13.2. The van der Waals surface area contributed by atoms with Gasteiger partial charge in [0.05, 0.1) is 16.6 Å². The maximum absolute atomic E-state index is 11.3. The third-order valence-electron chi connectivity index (χ3n) is 3.25. The molecule has 3 aromatic heterocycles. The molecule has 0 radical (unpaired) electrons. The number of nitrogens with zero attached hydrogens (tertiary/aromatic N) is 6. The molecule has 108 valence electrons.